The van der Waals surface area contributed by atoms with Crippen molar-refractivity contribution in [1.82, 2.24) is 29.5 Å². The number of rotatable bonds is 8. The van der Waals surface area contributed by atoms with Gasteiger partial charge in [0.1, 0.15) is 5.82 Å². The smallest absolute Gasteiger partial charge is 0.243 e. The van der Waals surface area contributed by atoms with Crippen LogP contribution in [0.15, 0.2) is 18.5 Å². The lowest BCUT2D eigenvalue weighted by atomic mass is 10.1. The summed E-state index contributed by atoms with van der Waals surface area (Å²) >= 11 is 0. The van der Waals surface area contributed by atoms with Crippen molar-refractivity contribution in [3.05, 3.63) is 35.3 Å². The van der Waals surface area contributed by atoms with Crippen molar-refractivity contribution in [1.29, 1.82) is 0 Å². The van der Waals surface area contributed by atoms with Crippen LogP contribution >= 0.6 is 0 Å². The van der Waals surface area contributed by atoms with Gasteiger partial charge in [-0.15, -0.1) is 5.10 Å². The number of nitrogens with one attached hydrogen (secondary N) is 1. The van der Waals surface area contributed by atoms with Crippen molar-refractivity contribution in [2.45, 2.75) is 59.4 Å². The number of aryl methyl sites for hydroxylation is 1. The monoisotopic (exact) mass is 465 g/mol. The average molecular weight is 466 g/mol. The van der Waals surface area contributed by atoms with E-state index in [1.54, 1.807) is 10.7 Å². The summed E-state index contributed by atoms with van der Waals surface area (Å²) in [4.78, 5) is 29.7. The third kappa shape index (κ3) is 5.05. The Bertz CT molecular complexity index is 1150. The number of anilines is 3. The van der Waals surface area contributed by atoms with E-state index in [0.717, 1.165) is 61.7 Å². The van der Waals surface area contributed by atoms with Gasteiger partial charge in [-0.3, -0.25) is 4.79 Å². The predicted octanol–water partition coefficient (Wildman–Crippen LogP) is 2.66. The number of nitrogen functional groups attached to an aromatic ring is 1. The molecule has 3 N–H and O–H groups in total. The molecule has 10 nitrogen and oxygen atoms in total. The lowest BCUT2D eigenvalue weighted by molar-refractivity contribution is -0.131. The molecule has 1 fully saturated rings. The third-order valence-electron chi connectivity index (χ3n) is 6.28. The van der Waals surface area contributed by atoms with Gasteiger partial charge in [-0.2, -0.15) is 4.98 Å². The second-order valence-electron chi connectivity index (χ2n) is 9.02. The standard InChI is InChI=1S/C24H35N9O/c1-5-7-17(4)28-24-29-21(25)23-27-15-19(33(23)30-24)13-18-12-16(3)22(26-14-18)32-10-8-31(9-11-32)20(34)6-2/h12,14-15,17H,5-11,13H2,1-4H3,(H3,25,28,29,30)/t17-/m0/s1. The number of pyridine rings is 1. The summed E-state index contributed by atoms with van der Waals surface area (Å²) < 4.78 is 1.77. The van der Waals surface area contributed by atoms with Crippen LogP contribution in [-0.4, -0.2) is 67.6 Å². The zero-order chi connectivity index (χ0) is 24.2. The first-order valence-corrected chi connectivity index (χ1v) is 12.1. The molecule has 0 spiro atoms. The van der Waals surface area contributed by atoms with Crippen LogP contribution in [0.2, 0.25) is 0 Å². The van der Waals surface area contributed by atoms with Crippen LogP contribution in [0, 0.1) is 6.92 Å². The molecule has 0 radical (unpaired) electrons. The summed E-state index contributed by atoms with van der Waals surface area (Å²) in [5.74, 6) is 2.07. The minimum absolute atomic E-state index is 0.218. The Morgan fingerprint density at radius 1 is 1.18 bits per heavy atom. The Kier molecular flexibility index (Phi) is 7.14. The quantitative estimate of drug-likeness (QED) is 0.521. The van der Waals surface area contributed by atoms with Crippen molar-refractivity contribution < 1.29 is 4.79 Å². The van der Waals surface area contributed by atoms with Crippen molar-refractivity contribution in [3.63, 3.8) is 0 Å². The van der Waals surface area contributed by atoms with Crippen molar-refractivity contribution in [3.8, 4) is 0 Å². The average Bonchev–Trinajstić information content (AvgIpc) is 3.22. The lowest BCUT2D eigenvalue weighted by Gasteiger charge is -2.36. The van der Waals surface area contributed by atoms with Crippen molar-refractivity contribution >= 4 is 29.1 Å². The third-order valence-corrected chi connectivity index (χ3v) is 6.28. The number of piperazine rings is 1. The van der Waals surface area contributed by atoms with Gasteiger partial charge in [0.25, 0.3) is 0 Å². The Labute approximate surface area is 200 Å². The molecule has 0 aromatic carbocycles. The van der Waals surface area contributed by atoms with E-state index in [2.05, 4.69) is 52.1 Å². The maximum absolute atomic E-state index is 12.0. The molecule has 0 unspecified atom stereocenters. The molecule has 3 aromatic rings. The number of aromatic nitrogens is 5. The summed E-state index contributed by atoms with van der Waals surface area (Å²) in [6.07, 6.45) is 7.01. The SMILES string of the molecule is CCC[C@H](C)Nc1nc(N)c2ncc(Cc3cnc(N4CCN(C(=O)CC)CC4)c(C)c3)n2n1. The first-order chi connectivity index (χ1) is 16.4. The molecule has 1 atom stereocenters. The molecule has 0 saturated carbocycles. The molecule has 182 valence electrons. The number of imidazole rings is 1. The van der Waals surface area contributed by atoms with E-state index in [4.69, 9.17) is 10.7 Å². The van der Waals surface area contributed by atoms with Crippen LogP contribution in [-0.2, 0) is 11.2 Å². The van der Waals surface area contributed by atoms with Gasteiger partial charge < -0.3 is 20.9 Å². The summed E-state index contributed by atoms with van der Waals surface area (Å²) in [6, 6.07) is 2.42. The highest BCUT2D eigenvalue weighted by molar-refractivity contribution is 5.76. The Morgan fingerprint density at radius 3 is 2.62 bits per heavy atom. The summed E-state index contributed by atoms with van der Waals surface area (Å²) in [5, 5.41) is 7.98. The molecule has 3 aromatic heterocycles. The van der Waals surface area contributed by atoms with Gasteiger partial charge in [0.05, 0.1) is 11.9 Å². The largest absolute Gasteiger partial charge is 0.380 e. The van der Waals surface area contributed by atoms with E-state index in [1.807, 2.05) is 18.0 Å². The normalized spacial score (nSPS) is 15.1. The molecular weight excluding hydrogens is 430 g/mol. The maximum atomic E-state index is 12.0. The van der Waals surface area contributed by atoms with Crippen LogP contribution in [0.25, 0.3) is 5.65 Å². The molecule has 34 heavy (non-hydrogen) atoms. The zero-order valence-corrected chi connectivity index (χ0v) is 20.6. The van der Waals surface area contributed by atoms with Gasteiger partial charge >= 0.3 is 0 Å². The fourth-order valence-corrected chi connectivity index (χ4v) is 4.51. The van der Waals surface area contributed by atoms with Gasteiger partial charge in [0.15, 0.2) is 11.5 Å². The second-order valence-corrected chi connectivity index (χ2v) is 9.02. The summed E-state index contributed by atoms with van der Waals surface area (Å²) in [5.41, 5.74) is 9.84. The van der Waals surface area contributed by atoms with E-state index < -0.39 is 0 Å². The number of nitrogens with zero attached hydrogens (tertiary/aromatic N) is 7. The molecule has 1 amide bonds. The number of fused-ring (bicyclic) bond motifs is 1. The summed E-state index contributed by atoms with van der Waals surface area (Å²) in [6.45, 7) is 11.3. The van der Waals surface area contributed by atoms with Gasteiger partial charge in [-0.05, 0) is 31.4 Å². The number of carbonyl (C=O) groups is 1. The molecule has 4 rings (SSSR count). The van der Waals surface area contributed by atoms with Crippen LogP contribution in [0.3, 0.4) is 0 Å². The lowest BCUT2D eigenvalue weighted by Crippen LogP contribution is -2.49. The zero-order valence-electron chi connectivity index (χ0n) is 20.6. The van der Waals surface area contributed by atoms with Crippen molar-refractivity contribution in [2.75, 3.05) is 42.1 Å². The molecule has 0 aliphatic carbocycles. The minimum Gasteiger partial charge on any atom is -0.380 e. The molecule has 0 bridgehead atoms. The van der Waals surface area contributed by atoms with Crippen LogP contribution in [0.1, 0.15) is 56.9 Å². The van der Waals surface area contributed by atoms with Gasteiger partial charge in [0.2, 0.25) is 11.9 Å². The van der Waals surface area contributed by atoms with Crippen molar-refractivity contribution in [2.24, 2.45) is 0 Å². The van der Waals surface area contributed by atoms with Gasteiger partial charge in [-0.1, -0.05) is 26.3 Å². The Morgan fingerprint density at radius 2 is 1.94 bits per heavy atom. The van der Waals surface area contributed by atoms with E-state index in [0.29, 0.717) is 30.3 Å². The van der Waals surface area contributed by atoms with E-state index in [1.165, 1.54) is 0 Å². The second kappa shape index (κ2) is 10.2. The molecule has 10 heteroatoms. The number of amides is 1. The van der Waals surface area contributed by atoms with Crippen LogP contribution < -0.4 is 16.0 Å². The topological polar surface area (TPSA) is 118 Å². The van der Waals surface area contributed by atoms with E-state index in [9.17, 15) is 4.79 Å². The first-order valence-electron chi connectivity index (χ1n) is 12.1. The fourth-order valence-electron chi connectivity index (χ4n) is 4.51. The number of hydrogen-bond donors (Lipinski definition) is 2. The maximum Gasteiger partial charge on any atom is 0.243 e. The van der Waals surface area contributed by atoms with E-state index in [-0.39, 0.29) is 11.9 Å². The number of hydrogen-bond acceptors (Lipinski definition) is 8. The Hall–Kier alpha value is -3.43. The molecule has 4 heterocycles. The number of nitrogens with two attached hydrogens (primary N) is 1. The highest BCUT2D eigenvalue weighted by Crippen LogP contribution is 2.22. The predicted molar refractivity (Wildman–Crippen MR) is 134 cm³/mol. The van der Waals surface area contributed by atoms with E-state index >= 15 is 0 Å². The minimum atomic E-state index is 0.218. The highest BCUT2D eigenvalue weighted by Gasteiger charge is 2.22. The number of carbonyl (C=O) groups excluding carboxylic acids is 1. The fraction of sp³-hybridized carbons (Fsp3) is 0.542. The Balaban J connectivity index is 1.50. The first kappa shape index (κ1) is 23.7. The van der Waals surface area contributed by atoms with Gasteiger partial charge in [-0.25, -0.2) is 14.5 Å². The summed E-state index contributed by atoms with van der Waals surface area (Å²) in [7, 11) is 0. The van der Waals surface area contributed by atoms with Crippen LogP contribution in [0.5, 0.6) is 0 Å². The van der Waals surface area contributed by atoms with Crippen LogP contribution in [0.4, 0.5) is 17.6 Å². The highest BCUT2D eigenvalue weighted by atomic mass is 16.2. The van der Waals surface area contributed by atoms with Gasteiger partial charge in [0, 0.05) is 51.3 Å². The molecular formula is C24H35N9O. The molecule has 1 aliphatic heterocycles. The molecule has 1 saturated heterocycles. The molecule has 1 aliphatic rings.